The zero-order chi connectivity index (χ0) is 27.3. The van der Waals surface area contributed by atoms with Crippen molar-refractivity contribution >= 4 is 17.9 Å². The Hall–Kier alpha value is -2.41. The molecule has 0 atom stereocenters. The Kier molecular flexibility index (Phi) is 9.17. The summed E-state index contributed by atoms with van der Waals surface area (Å²) in [5.74, 6) is -0.301. The Morgan fingerprint density at radius 2 is 1.42 bits per heavy atom. The van der Waals surface area contributed by atoms with Gasteiger partial charge in [0.1, 0.15) is 6.10 Å². The fourth-order valence-electron chi connectivity index (χ4n) is 6.78. The van der Waals surface area contributed by atoms with Crippen molar-refractivity contribution < 1.29 is 19.2 Å². The van der Waals surface area contributed by atoms with Crippen LogP contribution in [0.3, 0.4) is 0 Å². The first-order chi connectivity index (χ1) is 18.1. The van der Waals surface area contributed by atoms with Crippen LogP contribution in [0.25, 0.3) is 0 Å². The first-order valence-corrected chi connectivity index (χ1v) is 14.7. The number of amides is 1. The molecule has 1 aliphatic heterocycles. The average Bonchev–Trinajstić information content (AvgIpc) is 2.87. The predicted molar refractivity (Wildman–Crippen MR) is 150 cm³/mol. The molecule has 0 spiro atoms. The number of carbonyl (C=O) groups excluding carboxylic acids is 2. The minimum absolute atomic E-state index is 0.0440. The molecule has 7 heteroatoms. The van der Waals surface area contributed by atoms with Crippen LogP contribution < -0.4 is 0 Å². The van der Waals surface area contributed by atoms with Crippen molar-refractivity contribution in [3.05, 3.63) is 35.9 Å². The molecule has 4 rings (SSSR count). The van der Waals surface area contributed by atoms with Crippen LogP contribution in [0.2, 0.25) is 0 Å². The van der Waals surface area contributed by atoms with E-state index in [4.69, 9.17) is 14.6 Å². The van der Waals surface area contributed by atoms with E-state index in [9.17, 15) is 9.59 Å². The number of esters is 1. The fourth-order valence-corrected chi connectivity index (χ4v) is 6.78. The van der Waals surface area contributed by atoms with Crippen molar-refractivity contribution in [3.63, 3.8) is 0 Å². The Balaban J connectivity index is 1.72. The number of hydrogen-bond acceptors (Lipinski definition) is 6. The lowest BCUT2D eigenvalue weighted by Gasteiger charge is -2.53. The third kappa shape index (κ3) is 6.96. The summed E-state index contributed by atoms with van der Waals surface area (Å²) in [7, 11) is 0. The second kappa shape index (κ2) is 12.2. The molecule has 2 saturated carbocycles. The molecular formula is C31H47N3O4. The smallest absolute Gasteiger partial charge is 0.315 e. The van der Waals surface area contributed by atoms with E-state index >= 15 is 0 Å². The third-order valence-electron chi connectivity index (χ3n) is 8.31. The second-order valence-electron chi connectivity index (χ2n) is 12.7. The molecule has 7 nitrogen and oxygen atoms in total. The molecule has 38 heavy (non-hydrogen) atoms. The molecule has 0 N–H and O–H groups in total. The summed E-state index contributed by atoms with van der Waals surface area (Å²) in [5, 5.41) is 2.02. The van der Waals surface area contributed by atoms with Crippen LogP contribution >= 0.6 is 0 Å². The first kappa shape index (κ1) is 28.6. The lowest BCUT2D eigenvalue weighted by Crippen LogP contribution is -2.64. The highest BCUT2D eigenvalue weighted by Crippen LogP contribution is 2.41. The highest BCUT2D eigenvalue weighted by atomic mass is 16.7. The van der Waals surface area contributed by atoms with Gasteiger partial charge in [-0.1, -0.05) is 56.7 Å². The SMILES string of the molecule is CC(=O)OC1CC(C)(C)N(O/C(=N/C2CCCCC2)N(C(=O)c2ccccc2)C2CCCCC2)C(C)(C)C1. The minimum atomic E-state index is -0.441. The van der Waals surface area contributed by atoms with Gasteiger partial charge < -0.3 is 9.57 Å². The summed E-state index contributed by atoms with van der Waals surface area (Å²) in [6, 6.07) is 10.2. The van der Waals surface area contributed by atoms with Crippen LogP contribution in [0, 0.1) is 0 Å². The zero-order valence-corrected chi connectivity index (χ0v) is 24.1. The number of hydrogen-bond donors (Lipinski definition) is 0. The van der Waals surface area contributed by atoms with E-state index in [1.165, 1.54) is 19.8 Å². The lowest BCUT2D eigenvalue weighted by atomic mass is 9.80. The van der Waals surface area contributed by atoms with Gasteiger partial charge in [-0.3, -0.25) is 14.5 Å². The topological polar surface area (TPSA) is 71.4 Å². The third-order valence-corrected chi connectivity index (χ3v) is 8.31. The van der Waals surface area contributed by atoms with Crippen LogP contribution in [0.1, 0.15) is 122 Å². The van der Waals surface area contributed by atoms with Gasteiger partial charge in [0.15, 0.2) is 0 Å². The van der Waals surface area contributed by atoms with E-state index in [-0.39, 0.29) is 30.1 Å². The van der Waals surface area contributed by atoms with Crippen molar-refractivity contribution in [1.29, 1.82) is 0 Å². The summed E-state index contributed by atoms with van der Waals surface area (Å²) < 4.78 is 5.66. The quantitative estimate of drug-likeness (QED) is 0.244. The van der Waals surface area contributed by atoms with Crippen molar-refractivity contribution in [2.45, 2.75) is 141 Å². The number of carbonyl (C=O) groups is 2. The van der Waals surface area contributed by atoms with Gasteiger partial charge >= 0.3 is 12.0 Å². The number of rotatable bonds is 5. The van der Waals surface area contributed by atoms with E-state index in [0.717, 1.165) is 51.4 Å². The van der Waals surface area contributed by atoms with Gasteiger partial charge in [-0.05, 0) is 65.5 Å². The van der Waals surface area contributed by atoms with Gasteiger partial charge in [0, 0.05) is 31.4 Å². The minimum Gasteiger partial charge on any atom is -0.462 e. The molecule has 1 amide bonds. The summed E-state index contributed by atoms with van der Waals surface area (Å²) in [6.45, 7) is 9.94. The van der Waals surface area contributed by atoms with Crippen molar-refractivity contribution in [1.82, 2.24) is 9.96 Å². The van der Waals surface area contributed by atoms with Gasteiger partial charge in [-0.15, -0.1) is 5.06 Å². The van der Waals surface area contributed by atoms with E-state index in [1.54, 1.807) is 0 Å². The Morgan fingerprint density at radius 1 is 0.868 bits per heavy atom. The Morgan fingerprint density at radius 3 is 1.97 bits per heavy atom. The van der Waals surface area contributed by atoms with E-state index in [0.29, 0.717) is 24.4 Å². The fraction of sp³-hybridized carbons (Fsp3) is 0.710. The van der Waals surface area contributed by atoms with E-state index in [1.807, 2.05) is 40.3 Å². The van der Waals surface area contributed by atoms with E-state index in [2.05, 4.69) is 27.7 Å². The molecule has 2 aliphatic carbocycles. The standard InChI is InChI=1S/C31H47N3O4/c1-23(35)37-27-21-30(2,3)34(31(4,5)22-27)38-29(32-25-17-11-7-12-18-25)33(26-19-13-8-14-20-26)28(36)24-15-9-6-10-16-24/h6,9-10,15-16,25-27H,7-8,11-14,17-22H2,1-5H3/b32-29+. The van der Waals surface area contributed by atoms with Gasteiger partial charge in [0.25, 0.3) is 5.91 Å². The van der Waals surface area contributed by atoms with Gasteiger partial charge in [-0.25, -0.2) is 4.99 Å². The maximum atomic E-state index is 14.2. The second-order valence-corrected chi connectivity index (χ2v) is 12.7. The van der Waals surface area contributed by atoms with Gasteiger partial charge in [0.05, 0.1) is 17.1 Å². The van der Waals surface area contributed by atoms with Crippen LogP contribution in [0.4, 0.5) is 0 Å². The lowest BCUT2D eigenvalue weighted by molar-refractivity contribution is -0.251. The average molecular weight is 526 g/mol. The van der Waals surface area contributed by atoms with Gasteiger partial charge in [0.2, 0.25) is 0 Å². The molecule has 1 aromatic rings. The summed E-state index contributed by atoms with van der Waals surface area (Å²) in [6.07, 6.45) is 12.0. The highest BCUT2D eigenvalue weighted by molar-refractivity contribution is 6.04. The van der Waals surface area contributed by atoms with Crippen molar-refractivity contribution in [2.75, 3.05) is 0 Å². The van der Waals surface area contributed by atoms with Crippen LogP contribution in [0.5, 0.6) is 0 Å². The number of benzene rings is 1. The molecule has 3 aliphatic rings. The van der Waals surface area contributed by atoms with Gasteiger partial charge in [-0.2, -0.15) is 0 Å². The van der Waals surface area contributed by atoms with Crippen LogP contribution in [-0.4, -0.2) is 57.1 Å². The molecule has 0 aromatic heterocycles. The molecule has 1 heterocycles. The van der Waals surface area contributed by atoms with Crippen LogP contribution in [-0.2, 0) is 14.4 Å². The number of piperidine rings is 1. The molecule has 210 valence electrons. The molecule has 0 bridgehead atoms. The largest absolute Gasteiger partial charge is 0.462 e. The van der Waals surface area contributed by atoms with Crippen molar-refractivity contribution in [3.8, 4) is 0 Å². The monoisotopic (exact) mass is 525 g/mol. The molecular weight excluding hydrogens is 478 g/mol. The Bertz CT molecular complexity index is 960. The zero-order valence-electron chi connectivity index (χ0n) is 24.1. The van der Waals surface area contributed by atoms with Crippen molar-refractivity contribution in [2.24, 2.45) is 4.99 Å². The summed E-state index contributed by atoms with van der Waals surface area (Å²) in [4.78, 5) is 39.9. The first-order valence-electron chi connectivity index (χ1n) is 14.7. The summed E-state index contributed by atoms with van der Waals surface area (Å²) >= 11 is 0. The maximum absolute atomic E-state index is 14.2. The van der Waals surface area contributed by atoms with Crippen LogP contribution in [0.15, 0.2) is 35.3 Å². The molecule has 0 radical (unpaired) electrons. The van der Waals surface area contributed by atoms with E-state index < -0.39 is 11.1 Å². The number of aliphatic imine (C=N–C) groups is 1. The Labute approximate surface area is 228 Å². The summed E-state index contributed by atoms with van der Waals surface area (Å²) in [5.41, 5.74) is -0.225. The maximum Gasteiger partial charge on any atom is 0.315 e. The molecule has 1 saturated heterocycles. The molecule has 1 aromatic carbocycles. The molecule has 3 fully saturated rings. The predicted octanol–water partition coefficient (Wildman–Crippen LogP) is 6.67. The number of amidine groups is 1. The number of nitrogens with zero attached hydrogens (tertiary/aromatic N) is 3. The number of ether oxygens (including phenoxy) is 1. The highest BCUT2D eigenvalue weighted by Gasteiger charge is 2.50. The normalized spacial score (nSPS) is 23.6. The number of hydroxylamine groups is 2. The molecule has 0 unspecified atom stereocenters.